The van der Waals surface area contributed by atoms with Gasteiger partial charge in [-0.15, -0.1) is 0 Å². The molecule has 0 aromatic rings. The quantitative estimate of drug-likeness (QED) is 0.701. The fraction of sp³-hybridized carbons (Fsp3) is 0.333. The van der Waals surface area contributed by atoms with Crippen LogP contribution in [0.1, 0.15) is 0 Å². The van der Waals surface area contributed by atoms with Crippen molar-refractivity contribution in [1.29, 1.82) is 0 Å². The molecule has 0 bridgehead atoms. The summed E-state index contributed by atoms with van der Waals surface area (Å²) in [5.74, 6) is 0. The van der Waals surface area contributed by atoms with Gasteiger partial charge in [0, 0.05) is 38.9 Å². The molecule has 0 aromatic carbocycles. The van der Waals surface area contributed by atoms with E-state index in [9.17, 15) is 0 Å². The van der Waals surface area contributed by atoms with E-state index in [0.717, 1.165) is 6.67 Å². The SMILES string of the molecule is CN1[C]N(CN2[C]N(C)C=C2)C=C1.[Cl][Pd][Cl]. The van der Waals surface area contributed by atoms with E-state index in [0.29, 0.717) is 0 Å². The summed E-state index contributed by atoms with van der Waals surface area (Å²) in [6, 6.07) is 0. The van der Waals surface area contributed by atoms with Gasteiger partial charge in [-0.2, -0.15) is 0 Å². The van der Waals surface area contributed by atoms with Crippen molar-refractivity contribution in [3.8, 4) is 0 Å². The zero-order valence-corrected chi connectivity index (χ0v) is 11.9. The summed E-state index contributed by atoms with van der Waals surface area (Å²) in [7, 11) is 13.5. The molecule has 92 valence electrons. The van der Waals surface area contributed by atoms with Gasteiger partial charge in [0.25, 0.3) is 0 Å². The molecule has 0 aromatic heterocycles. The Labute approximate surface area is 113 Å². The summed E-state index contributed by atoms with van der Waals surface area (Å²) in [4.78, 5) is 7.72. The van der Waals surface area contributed by atoms with Crippen LogP contribution in [0.2, 0.25) is 0 Å². The fourth-order valence-electron chi connectivity index (χ4n) is 1.22. The van der Waals surface area contributed by atoms with Crippen molar-refractivity contribution in [3.05, 3.63) is 38.1 Å². The fourth-order valence-corrected chi connectivity index (χ4v) is 1.22. The van der Waals surface area contributed by atoms with Crippen LogP contribution in [-0.4, -0.2) is 40.4 Å². The second-order valence-electron chi connectivity index (χ2n) is 3.14. The Kier molecular flexibility index (Phi) is 6.37. The third-order valence-electron chi connectivity index (χ3n) is 1.82. The molecule has 4 nitrogen and oxygen atoms in total. The summed E-state index contributed by atoms with van der Waals surface area (Å²) in [5, 5.41) is 0. The molecule has 0 fully saturated rings. The van der Waals surface area contributed by atoms with Gasteiger partial charge >= 0.3 is 35.0 Å². The van der Waals surface area contributed by atoms with Crippen molar-refractivity contribution in [2.45, 2.75) is 0 Å². The number of nitrogens with zero attached hydrogens (tertiary/aromatic N) is 4. The molecule has 2 aliphatic rings. The molecule has 16 heavy (non-hydrogen) atoms. The Bertz CT molecular complexity index is 238. The van der Waals surface area contributed by atoms with Gasteiger partial charge in [0.05, 0.1) is 6.67 Å². The number of hydrogen-bond donors (Lipinski definition) is 0. The Morgan fingerprint density at radius 2 is 1.31 bits per heavy atom. The van der Waals surface area contributed by atoms with E-state index in [4.69, 9.17) is 19.1 Å². The molecule has 2 aliphatic heterocycles. The molecular formula is C9H12Cl2N4Pd. The first-order valence-electron chi connectivity index (χ1n) is 4.36. The Balaban J connectivity index is 0.000000386. The molecule has 0 atom stereocenters. The molecule has 4 radical (unpaired) electrons. The number of hydrogen-bond acceptors (Lipinski definition) is 4. The summed E-state index contributed by atoms with van der Waals surface area (Å²) in [6.45, 7) is 6.99. The summed E-state index contributed by atoms with van der Waals surface area (Å²) >= 11 is -0.106. The Morgan fingerprint density at radius 3 is 1.56 bits per heavy atom. The van der Waals surface area contributed by atoms with Gasteiger partial charge in [-0.3, -0.25) is 0 Å². The third kappa shape index (κ3) is 4.84. The van der Waals surface area contributed by atoms with Crippen LogP contribution >= 0.6 is 19.1 Å². The first kappa shape index (κ1) is 14.0. The van der Waals surface area contributed by atoms with Crippen LogP contribution in [-0.2, 0) is 15.9 Å². The molecular weight excluding hydrogens is 341 g/mol. The maximum atomic E-state index is 4.81. The monoisotopic (exact) mass is 352 g/mol. The van der Waals surface area contributed by atoms with Gasteiger partial charge in [0.2, 0.25) is 13.3 Å². The van der Waals surface area contributed by atoms with Crippen LogP contribution in [0.5, 0.6) is 0 Å². The van der Waals surface area contributed by atoms with Crippen LogP contribution in [0.4, 0.5) is 0 Å². The summed E-state index contributed by atoms with van der Waals surface area (Å²) in [5.41, 5.74) is 0. The van der Waals surface area contributed by atoms with Crippen LogP contribution in [0.15, 0.2) is 24.8 Å². The van der Waals surface area contributed by atoms with Gasteiger partial charge < -0.3 is 19.6 Å². The predicted molar refractivity (Wildman–Crippen MR) is 60.5 cm³/mol. The Morgan fingerprint density at radius 1 is 0.938 bits per heavy atom. The topological polar surface area (TPSA) is 13.0 Å². The van der Waals surface area contributed by atoms with Crippen molar-refractivity contribution in [1.82, 2.24) is 19.6 Å². The first-order chi connectivity index (χ1) is 7.65. The van der Waals surface area contributed by atoms with Gasteiger partial charge in [-0.05, 0) is 0 Å². The third-order valence-corrected chi connectivity index (χ3v) is 1.82. The maximum absolute atomic E-state index is 4.81. The van der Waals surface area contributed by atoms with E-state index in [1.54, 1.807) is 0 Å². The minimum atomic E-state index is -0.106. The summed E-state index contributed by atoms with van der Waals surface area (Å²) in [6.07, 6.45) is 7.88. The van der Waals surface area contributed by atoms with Gasteiger partial charge in [-0.1, -0.05) is 0 Å². The molecule has 0 N–H and O–H groups in total. The molecule has 0 amide bonds. The van der Waals surface area contributed by atoms with Crippen molar-refractivity contribution in [2.24, 2.45) is 0 Å². The van der Waals surface area contributed by atoms with Crippen molar-refractivity contribution in [2.75, 3.05) is 20.8 Å². The zero-order chi connectivity index (χ0) is 12.0. The van der Waals surface area contributed by atoms with Crippen LogP contribution in [0.3, 0.4) is 0 Å². The summed E-state index contributed by atoms with van der Waals surface area (Å²) < 4.78 is 0. The minimum absolute atomic E-state index is 0.106. The van der Waals surface area contributed by atoms with Crippen LogP contribution in [0, 0.1) is 13.3 Å². The second-order valence-corrected chi connectivity index (χ2v) is 5.50. The van der Waals surface area contributed by atoms with E-state index < -0.39 is 0 Å². The molecule has 0 aliphatic carbocycles. The second kappa shape index (κ2) is 7.29. The molecule has 7 heteroatoms. The molecule has 2 heterocycles. The average Bonchev–Trinajstić information content (AvgIpc) is 2.78. The molecule has 0 saturated carbocycles. The molecule has 0 spiro atoms. The van der Waals surface area contributed by atoms with Crippen molar-refractivity contribution < 1.29 is 15.9 Å². The average molecular weight is 354 g/mol. The van der Waals surface area contributed by atoms with Crippen molar-refractivity contribution in [3.63, 3.8) is 0 Å². The van der Waals surface area contributed by atoms with Gasteiger partial charge in [-0.25, -0.2) is 0 Å². The van der Waals surface area contributed by atoms with E-state index in [2.05, 4.69) is 13.3 Å². The van der Waals surface area contributed by atoms with Crippen molar-refractivity contribution >= 4 is 19.1 Å². The molecule has 0 saturated heterocycles. The van der Waals surface area contributed by atoms with Gasteiger partial charge in [0.15, 0.2) is 0 Å². The number of rotatable bonds is 2. The van der Waals surface area contributed by atoms with Crippen LogP contribution < -0.4 is 0 Å². The van der Waals surface area contributed by atoms with E-state index in [1.807, 2.05) is 58.5 Å². The van der Waals surface area contributed by atoms with E-state index >= 15 is 0 Å². The molecule has 2 rings (SSSR count). The van der Waals surface area contributed by atoms with E-state index in [-0.39, 0.29) is 15.9 Å². The van der Waals surface area contributed by atoms with E-state index in [1.165, 1.54) is 0 Å². The first-order valence-corrected chi connectivity index (χ1v) is 8.36. The predicted octanol–water partition coefficient (Wildman–Crippen LogP) is 1.75. The standard InChI is InChI=1S/C9H12N4.2ClH.Pd/c1-10-3-5-12(7-10)9-13-6-4-11(2)8-13;;;/h3-6H,9H2,1-2H3;2*1H;/q;;;+2/p-2. The van der Waals surface area contributed by atoms with Crippen LogP contribution in [0.25, 0.3) is 0 Å². The molecule has 0 unspecified atom stereocenters. The normalized spacial score (nSPS) is 18.5. The zero-order valence-electron chi connectivity index (χ0n) is 8.88. The van der Waals surface area contributed by atoms with Gasteiger partial charge in [0.1, 0.15) is 0 Å². The Hall–Kier alpha value is -0.0777. The number of halogens is 2.